The zero-order valence-corrected chi connectivity index (χ0v) is 12.4. The molecule has 1 aliphatic heterocycles. The number of nitrogens with one attached hydrogen (secondary N) is 1. The molecule has 1 aliphatic rings. The number of methoxy groups -OCH3 is 1. The minimum atomic E-state index is -0.413. The van der Waals surface area contributed by atoms with Crippen molar-refractivity contribution in [2.45, 2.75) is 19.8 Å². The van der Waals surface area contributed by atoms with Gasteiger partial charge >= 0.3 is 5.69 Å². The summed E-state index contributed by atoms with van der Waals surface area (Å²) < 4.78 is 4.94. The lowest BCUT2D eigenvalue weighted by Crippen LogP contribution is -2.35. The zero-order valence-electron chi connectivity index (χ0n) is 12.4. The highest BCUT2D eigenvalue weighted by molar-refractivity contribution is 5.70. The maximum atomic E-state index is 11.4. The first-order valence-electron chi connectivity index (χ1n) is 7.10. The van der Waals surface area contributed by atoms with E-state index in [1.807, 2.05) is 4.90 Å². The Morgan fingerprint density at radius 2 is 2.38 bits per heavy atom. The number of hydrogen-bond donors (Lipinski definition) is 1. The molecule has 116 valence electrons. The summed E-state index contributed by atoms with van der Waals surface area (Å²) in [6.07, 6.45) is 3.54. The SMILES string of the molecule is COCCNc1ncnc(N2CCCC(C)C2)c1[N+](=O)[O-]. The van der Waals surface area contributed by atoms with E-state index in [1.54, 1.807) is 7.11 Å². The molecular formula is C13H21N5O3. The van der Waals surface area contributed by atoms with Crippen molar-refractivity contribution in [2.24, 2.45) is 5.92 Å². The van der Waals surface area contributed by atoms with Gasteiger partial charge in [-0.1, -0.05) is 6.92 Å². The maximum Gasteiger partial charge on any atom is 0.353 e. The smallest absolute Gasteiger partial charge is 0.353 e. The average molecular weight is 295 g/mol. The van der Waals surface area contributed by atoms with Gasteiger partial charge in [0.1, 0.15) is 6.33 Å². The van der Waals surface area contributed by atoms with Gasteiger partial charge in [-0.15, -0.1) is 0 Å². The topological polar surface area (TPSA) is 93.4 Å². The van der Waals surface area contributed by atoms with Crippen molar-refractivity contribution in [2.75, 3.05) is 43.6 Å². The number of piperidine rings is 1. The first-order chi connectivity index (χ1) is 10.1. The van der Waals surface area contributed by atoms with Crippen molar-refractivity contribution >= 4 is 17.3 Å². The number of rotatable bonds is 6. The molecule has 1 fully saturated rings. The summed E-state index contributed by atoms with van der Waals surface area (Å²) in [5.74, 6) is 1.17. The highest BCUT2D eigenvalue weighted by atomic mass is 16.6. The van der Waals surface area contributed by atoms with E-state index in [2.05, 4.69) is 22.2 Å². The summed E-state index contributed by atoms with van der Waals surface area (Å²) >= 11 is 0. The van der Waals surface area contributed by atoms with Crippen LogP contribution in [0.2, 0.25) is 0 Å². The Hall–Kier alpha value is -1.96. The van der Waals surface area contributed by atoms with E-state index in [-0.39, 0.29) is 11.5 Å². The van der Waals surface area contributed by atoms with E-state index in [0.29, 0.717) is 24.9 Å². The molecule has 1 saturated heterocycles. The molecule has 1 unspecified atom stereocenters. The van der Waals surface area contributed by atoms with E-state index in [9.17, 15) is 10.1 Å². The molecule has 0 amide bonds. The monoisotopic (exact) mass is 295 g/mol. The summed E-state index contributed by atoms with van der Waals surface area (Å²) in [5.41, 5.74) is -0.0531. The highest BCUT2D eigenvalue weighted by Gasteiger charge is 2.29. The van der Waals surface area contributed by atoms with Crippen LogP contribution in [0.5, 0.6) is 0 Å². The van der Waals surface area contributed by atoms with E-state index in [0.717, 1.165) is 25.9 Å². The molecule has 1 atom stereocenters. The van der Waals surface area contributed by atoms with Crippen LogP contribution in [0.1, 0.15) is 19.8 Å². The number of nitrogens with zero attached hydrogens (tertiary/aromatic N) is 4. The van der Waals surface area contributed by atoms with Gasteiger partial charge in [0, 0.05) is 26.7 Å². The van der Waals surface area contributed by atoms with Crippen molar-refractivity contribution in [3.63, 3.8) is 0 Å². The number of anilines is 2. The second-order valence-electron chi connectivity index (χ2n) is 5.26. The van der Waals surface area contributed by atoms with Crippen LogP contribution in [-0.2, 0) is 4.74 Å². The zero-order chi connectivity index (χ0) is 15.2. The summed E-state index contributed by atoms with van der Waals surface area (Å²) in [6, 6.07) is 0. The van der Waals surface area contributed by atoms with Gasteiger partial charge in [-0.3, -0.25) is 10.1 Å². The predicted octanol–water partition coefficient (Wildman–Crippen LogP) is 1.68. The third kappa shape index (κ3) is 3.78. The fourth-order valence-corrected chi connectivity index (χ4v) is 2.55. The van der Waals surface area contributed by atoms with Gasteiger partial charge in [-0.2, -0.15) is 0 Å². The molecule has 1 N–H and O–H groups in total. The van der Waals surface area contributed by atoms with Crippen molar-refractivity contribution in [1.29, 1.82) is 0 Å². The normalized spacial score (nSPS) is 18.6. The van der Waals surface area contributed by atoms with Gasteiger partial charge in [0.05, 0.1) is 11.5 Å². The fraction of sp³-hybridized carbons (Fsp3) is 0.692. The van der Waals surface area contributed by atoms with Crippen molar-refractivity contribution in [3.8, 4) is 0 Å². The number of aromatic nitrogens is 2. The minimum absolute atomic E-state index is 0.0531. The third-order valence-corrected chi connectivity index (χ3v) is 3.54. The molecule has 2 rings (SSSR count). The van der Waals surface area contributed by atoms with Gasteiger partial charge in [0.15, 0.2) is 0 Å². The Labute approximate surface area is 123 Å². The quantitative estimate of drug-likeness (QED) is 0.484. The molecule has 1 aromatic heterocycles. The molecule has 0 saturated carbocycles. The summed E-state index contributed by atoms with van der Waals surface area (Å²) in [6.45, 7) is 4.65. The van der Waals surface area contributed by atoms with E-state index >= 15 is 0 Å². The Morgan fingerprint density at radius 1 is 1.57 bits per heavy atom. The molecule has 0 spiro atoms. The summed E-state index contributed by atoms with van der Waals surface area (Å²) in [4.78, 5) is 21.1. The lowest BCUT2D eigenvalue weighted by Gasteiger charge is -2.31. The van der Waals surface area contributed by atoms with Crippen molar-refractivity contribution in [1.82, 2.24) is 9.97 Å². The Bertz CT molecular complexity index is 497. The van der Waals surface area contributed by atoms with Gasteiger partial charge in [0.25, 0.3) is 0 Å². The molecular weight excluding hydrogens is 274 g/mol. The van der Waals surface area contributed by atoms with Crippen LogP contribution in [0, 0.1) is 16.0 Å². The van der Waals surface area contributed by atoms with Crippen molar-refractivity contribution in [3.05, 3.63) is 16.4 Å². The first kappa shape index (κ1) is 15.4. The average Bonchev–Trinajstić information content (AvgIpc) is 2.47. The van der Waals surface area contributed by atoms with Crippen LogP contribution in [0.4, 0.5) is 17.3 Å². The fourth-order valence-electron chi connectivity index (χ4n) is 2.55. The molecule has 0 radical (unpaired) electrons. The molecule has 1 aromatic rings. The highest BCUT2D eigenvalue weighted by Crippen LogP contribution is 2.33. The Kier molecular flexibility index (Phi) is 5.26. The molecule has 0 aliphatic carbocycles. The lowest BCUT2D eigenvalue weighted by molar-refractivity contribution is -0.383. The van der Waals surface area contributed by atoms with Crippen LogP contribution in [0.15, 0.2) is 6.33 Å². The van der Waals surface area contributed by atoms with Crippen LogP contribution < -0.4 is 10.2 Å². The van der Waals surface area contributed by atoms with Gasteiger partial charge in [-0.25, -0.2) is 9.97 Å². The third-order valence-electron chi connectivity index (χ3n) is 3.54. The first-order valence-corrected chi connectivity index (χ1v) is 7.10. The van der Waals surface area contributed by atoms with E-state index in [4.69, 9.17) is 4.74 Å². The second-order valence-corrected chi connectivity index (χ2v) is 5.26. The molecule has 0 bridgehead atoms. The largest absolute Gasteiger partial charge is 0.383 e. The van der Waals surface area contributed by atoms with Crippen LogP contribution in [0.3, 0.4) is 0 Å². The summed E-state index contributed by atoms with van der Waals surface area (Å²) in [5, 5.41) is 14.4. The van der Waals surface area contributed by atoms with E-state index in [1.165, 1.54) is 6.33 Å². The molecule has 2 heterocycles. The van der Waals surface area contributed by atoms with Gasteiger partial charge < -0.3 is 15.0 Å². The molecule has 0 aromatic carbocycles. The number of hydrogen-bond acceptors (Lipinski definition) is 7. The maximum absolute atomic E-state index is 11.4. The Morgan fingerprint density at radius 3 is 3.05 bits per heavy atom. The molecule has 8 heteroatoms. The Balaban J connectivity index is 2.27. The predicted molar refractivity (Wildman–Crippen MR) is 79.7 cm³/mol. The standard InChI is InChI=1S/C13H21N5O3/c1-10-4-3-6-17(8-10)13-11(18(19)20)12(15-9-16-13)14-5-7-21-2/h9-10H,3-8H2,1-2H3,(H,14,15,16). The van der Waals surface area contributed by atoms with Crippen LogP contribution in [0.25, 0.3) is 0 Å². The second kappa shape index (κ2) is 7.16. The van der Waals surface area contributed by atoms with Gasteiger partial charge in [-0.05, 0) is 18.8 Å². The lowest BCUT2D eigenvalue weighted by atomic mass is 10.0. The molecule has 21 heavy (non-hydrogen) atoms. The van der Waals surface area contributed by atoms with Crippen molar-refractivity contribution < 1.29 is 9.66 Å². The molecule has 8 nitrogen and oxygen atoms in total. The van der Waals surface area contributed by atoms with Gasteiger partial charge in [0.2, 0.25) is 11.6 Å². The minimum Gasteiger partial charge on any atom is -0.383 e. The number of nitro groups is 1. The van der Waals surface area contributed by atoms with Crippen LogP contribution >= 0.6 is 0 Å². The number of ether oxygens (including phenoxy) is 1. The van der Waals surface area contributed by atoms with E-state index < -0.39 is 4.92 Å². The van der Waals surface area contributed by atoms with Crippen LogP contribution in [-0.4, -0.2) is 48.2 Å². The summed E-state index contributed by atoms with van der Waals surface area (Å²) in [7, 11) is 1.58.